The molecule has 26 heavy (non-hydrogen) atoms. The summed E-state index contributed by atoms with van der Waals surface area (Å²) >= 11 is 0. The van der Waals surface area contributed by atoms with E-state index in [1.165, 1.54) is 12.1 Å². The summed E-state index contributed by atoms with van der Waals surface area (Å²) in [5, 5.41) is 10.8. The first kappa shape index (κ1) is 17.8. The molecule has 3 rings (SSSR count). The number of nitrogens with zero attached hydrogens (tertiary/aromatic N) is 5. The molecule has 0 aliphatic carbocycles. The van der Waals surface area contributed by atoms with Crippen molar-refractivity contribution in [3.8, 4) is 11.4 Å². The second-order valence-corrected chi connectivity index (χ2v) is 6.22. The lowest BCUT2D eigenvalue weighted by molar-refractivity contribution is -0.384. The first-order chi connectivity index (χ1) is 12.5. The Bertz CT molecular complexity index is 814. The maximum Gasteiger partial charge on any atom is 0.269 e. The number of anilines is 1. The number of aromatic nitrogens is 2. The Morgan fingerprint density at radius 3 is 2.38 bits per heavy atom. The van der Waals surface area contributed by atoms with Crippen LogP contribution in [0.15, 0.2) is 30.3 Å². The number of amides is 1. The van der Waals surface area contributed by atoms with Gasteiger partial charge < -0.3 is 9.80 Å². The van der Waals surface area contributed by atoms with E-state index in [9.17, 15) is 14.9 Å². The van der Waals surface area contributed by atoms with Crippen molar-refractivity contribution in [2.45, 2.75) is 20.3 Å². The van der Waals surface area contributed by atoms with Crippen LogP contribution in [-0.4, -0.2) is 51.9 Å². The standard InChI is InChI=1S/C18H21N5O3/c1-3-17(24)22-10-8-21(9-11-22)16-12-13(2)19-18(20-16)14-4-6-15(7-5-14)23(25)26/h4-7,12H,3,8-11H2,1-2H3. The number of carbonyl (C=O) groups is 1. The molecule has 1 aliphatic rings. The molecule has 0 atom stereocenters. The SMILES string of the molecule is CCC(=O)N1CCN(c2cc(C)nc(-c3ccc([N+](=O)[O-])cc3)n2)CC1. The number of hydrogen-bond donors (Lipinski definition) is 0. The predicted octanol–water partition coefficient (Wildman–Crippen LogP) is 2.42. The molecule has 8 heteroatoms. The van der Waals surface area contributed by atoms with Crippen molar-refractivity contribution < 1.29 is 9.72 Å². The molecule has 0 spiro atoms. The van der Waals surface area contributed by atoms with Crippen LogP contribution in [0.5, 0.6) is 0 Å². The molecular weight excluding hydrogens is 334 g/mol. The maximum atomic E-state index is 11.8. The molecule has 0 N–H and O–H groups in total. The normalized spacial score (nSPS) is 14.4. The molecule has 8 nitrogen and oxygen atoms in total. The van der Waals surface area contributed by atoms with Crippen molar-refractivity contribution in [3.05, 3.63) is 46.1 Å². The predicted molar refractivity (Wildman–Crippen MR) is 97.9 cm³/mol. The van der Waals surface area contributed by atoms with E-state index in [1.54, 1.807) is 12.1 Å². The molecule has 1 aromatic heterocycles. The molecule has 0 bridgehead atoms. The number of carbonyl (C=O) groups excluding carboxylic acids is 1. The first-order valence-electron chi connectivity index (χ1n) is 8.61. The smallest absolute Gasteiger partial charge is 0.269 e. The summed E-state index contributed by atoms with van der Waals surface area (Å²) in [6, 6.07) is 8.15. The van der Waals surface area contributed by atoms with Crippen molar-refractivity contribution in [1.82, 2.24) is 14.9 Å². The fourth-order valence-corrected chi connectivity index (χ4v) is 2.98. The van der Waals surface area contributed by atoms with Crippen LogP contribution in [0.4, 0.5) is 11.5 Å². The number of benzene rings is 1. The average molecular weight is 355 g/mol. The highest BCUT2D eigenvalue weighted by Gasteiger charge is 2.21. The lowest BCUT2D eigenvalue weighted by atomic mass is 10.2. The van der Waals surface area contributed by atoms with Crippen LogP contribution < -0.4 is 4.90 Å². The molecule has 0 radical (unpaired) electrons. The van der Waals surface area contributed by atoms with Crippen LogP contribution in [0.1, 0.15) is 19.0 Å². The van der Waals surface area contributed by atoms with E-state index in [4.69, 9.17) is 0 Å². The zero-order chi connectivity index (χ0) is 18.7. The van der Waals surface area contributed by atoms with Crippen molar-refractivity contribution >= 4 is 17.4 Å². The number of piperazine rings is 1. The van der Waals surface area contributed by atoms with E-state index in [0.29, 0.717) is 25.3 Å². The van der Waals surface area contributed by atoms with Gasteiger partial charge in [-0.1, -0.05) is 6.92 Å². The third-order valence-corrected chi connectivity index (χ3v) is 4.44. The van der Waals surface area contributed by atoms with Gasteiger partial charge in [-0.15, -0.1) is 0 Å². The number of nitro groups is 1. The van der Waals surface area contributed by atoms with Crippen LogP contribution in [0, 0.1) is 17.0 Å². The van der Waals surface area contributed by atoms with E-state index in [-0.39, 0.29) is 11.6 Å². The minimum Gasteiger partial charge on any atom is -0.353 e. The summed E-state index contributed by atoms with van der Waals surface area (Å²) in [7, 11) is 0. The molecular formula is C18H21N5O3. The van der Waals surface area contributed by atoms with Crippen molar-refractivity contribution in [2.75, 3.05) is 31.1 Å². The van der Waals surface area contributed by atoms with Gasteiger partial charge in [0.25, 0.3) is 5.69 Å². The van der Waals surface area contributed by atoms with Crippen molar-refractivity contribution in [3.63, 3.8) is 0 Å². The fourth-order valence-electron chi connectivity index (χ4n) is 2.98. The third-order valence-electron chi connectivity index (χ3n) is 4.44. The first-order valence-corrected chi connectivity index (χ1v) is 8.61. The highest BCUT2D eigenvalue weighted by Crippen LogP contribution is 2.23. The monoisotopic (exact) mass is 355 g/mol. The van der Waals surface area contributed by atoms with E-state index in [0.717, 1.165) is 30.2 Å². The molecule has 2 aromatic rings. The molecule has 1 amide bonds. The minimum absolute atomic E-state index is 0.0401. The van der Waals surface area contributed by atoms with Gasteiger partial charge in [0.2, 0.25) is 5.91 Å². The van der Waals surface area contributed by atoms with E-state index < -0.39 is 4.92 Å². The zero-order valence-corrected chi connectivity index (χ0v) is 14.9. The van der Waals surface area contributed by atoms with Crippen LogP contribution in [0.3, 0.4) is 0 Å². The highest BCUT2D eigenvalue weighted by atomic mass is 16.6. The number of rotatable bonds is 4. The van der Waals surface area contributed by atoms with Crippen LogP contribution >= 0.6 is 0 Å². The summed E-state index contributed by atoms with van der Waals surface area (Å²) in [6.45, 7) is 6.59. The number of hydrogen-bond acceptors (Lipinski definition) is 6. The molecule has 0 saturated carbocycles. The topological polar surface area (TPSA) is 92.5 Å². The average Bonchev–Trinajstić information content (AvgIpc) is 2.67. The Morgan fingerprint density at radius 1 is 1.15 bits per heavy atom. The maximum absolute atomic E-state index is 11.8. The molecule has 1 aromatic carbocycles. The molecule has 1 fully saturated rings. The quantitative estimate of drug-likeness (QED) is 0.618. The Labute approximate surface area is 151 Å². The zero-order valence-electron chi connectivity index (χ0n) is 14.9. The lowest BCUT2D eigenvalue weighted by Gasteiger charge is -2.35. The fraction of sp³-hybridized carbons (Fsp3) is 0.389. The summed E-state index contributed by atoms with van der Waals surface area (Å²) in [4.78, 5) is 35.3. The lowest BCUT2D eigenvalue weighted by Crippen LogP contribution is -2.48. The van der Waals surface area contributed by atoms with E-state index in [2.05, 4.69) is 14.9 Å². The molecule has 1 aliphatic heterocycles. The Balaban J connectivity index is 1.80. The Kier molecular flexibility index (Phi) is 5.11. The summed E-state index contributed by atoms with van der Waals surface area (Å²) in [5.41, 5.74) is 1.61. The van der Waals surface area contributed by atoms with Gasteiger partial charge in [-0.05, 0) is 19.1 Å². The summed E-state index contributed by atoms with van der Waals surface area (Å²) in [6.07, 6.45) is 0.525. The van der Waals surface area contributed by atoms with Crippen LogP contribution in [-0.2, 0) is 4.79 Å². The van der Waals surface area contributed by atoms with Gasteiger partial charge in [0, 0.05) is 62.1 Å². The second-order valence-electron chi connectivity index (χ2n) is 6.22. The van der Waals surface area contributed by atoms with E-state index >= 15 is 0 Å². The second kappa shape index (κ2) is 7.47. The molecule has 1 saturated heterocycles. The van der Waals surface area contributed by atoms with Crippen LogP contribution in [0.2, 0.25) is 0 Å². The Morgan fingerprint density at radius 2 is 1.81 bits per heavy atom. The van der Waals surface area contributed by atoms with Gasteiger partial charge in [-0.2, -0.15) is 0 Å². The largest absolute Gasteiger partial charge is 0.353 e. The van der Waals surface area contributed by atoms with Gasteiger partial charge in [0.1, 0.15) is 5.82 Å². The van der Waals surface area contributed by atoms with Crippen LogP contribution in [0.25, 0.3) is 11.4 Å². The van der Waals surface area contributed by atoms with Gasteiger partial charge >= 0.3 is 0 Å². The van der Waals surface area contributed by atoms with Crippen molar-refractivity contribution in [1.29, 1.82) is 0 Å². The Hall–Kier alpha value is -3.03. The third kappa shape index (κ3) is 3.79. The molecule has 136 valence electrons. The molecule has 2 heterocycles. The number of non-ortho nitro benzene ring substituents is 1. The number of aryl methyl sites for hydroxylation is 1. The summed E-state index contributed by atoms with van der Waals surface area (Å²) in [5.74, 6) is 1.53. The minimum atomic E-state index is -0.427. The van der Waals surface area contributed by atoms with Crippen molar-refractivity contribution in [2.24, 2.45) is 0 Å². The summed E-state index contributed by atoms with van der Waals surface area (Å²) < 4.78 is 0. The van der Waals surface area contributed by atoms with Gasteiger partial charge in [-0.25, -0.2) is 9.97 Å². The molecule has 0 unspecified atom stereocenters. The van der Waals surface area contributed by atoms with Gasteiger partial charge in [0.05, 0.1) is 4.92 Å². The number of nitro benzene ring substituents is 1. The highest BCUT2D eigenvalue weighted by molar-refractivity contribution is 5.76. The van der Waals surface area contributed by atoms with Gasteiger partial charge in [0.15, 0.2) is 5.82 Å². The van der Waals surface area contributed by atoms with Gasteiger partial charge in [-0.3, -0.25) is 14.9 Å². The van der Waals surface area contributed by atoms with E-state index in [1.807, 2.05) is 24.8 Å².